The van der Waals surface area contributed by atoms with Crippen LogP contribution in [0.4, 0.5) is 5.82 Å². The first-order valence-corrected chi connectivity index (χ1v) is 7.20. The standard InChI is InChI=1S/C16H17BrN2O/c1-9-6-5-7-18-15(9)19-16(20)13-8-14(17)12(4)10(2)11(13)3/h5-8H,1-4H3,(H,18,19,20). The first-order valence-electron chi connectivity index (χ1n) is 6.41. The van der Waals surface area contributed by atoms with E-state index in [0.29, 0.717) is 11.4 Å². The predicted octanol–water partition coefficient (Wildman–Crippen LogP) is 4.33. The predicted molar refractivity (Wildman–Crippen MR) is 85.3 cm³/mol. The Morgan fingerprint density at radius 2 is 1.85 bits per heavy atom. The van der Waals surface area contributed by atoms with E-state index in [2.05, 4.69) is 26.2 Å². The van der Waals surface area contributed by atoms with Crippen molar-refractivity contribution in [2.75, 3.05) is 5.32 Å². The van der Waals surface area contributed by atoms with Crippen molar-refractivity contribution < 1.29 is 4.79 Å². The lowest BCUT2D eigenvalue weighted by Crippen LogP contribution is -2.16. The number of carbonyl (C=O) groups is 1. The van der Waals surface area contributed by atoms with Gasteiger partial charge in [0.2, 0.25) is 0 Å². The van der Waals surface area contributed by atoms with Crippen LogP contribution in [-0.4, -0.2) is 10.9 Å². The van der Waals surface area contributed by atoms with Gasteiger partial charge in [-0.1, -0.05) is 22.0 Å². The minimum atomic E-state index is -0.131. The van der Waals surface area contributed by atoms with Crippen molar-refractivity contribution in [3.63, 3.8) is 0 Å². The number of aromatic nitrogens is 1. The molecule has 0 fully saturated rings. The molecule has 0 radical (unpaired) electrons. The highest BCUT2D eigenvalue weighted by Crippen LogP contribution is 2.26. The second kappa shape index (κ2) is 5.75. The third kappa shape index (κ3) is 2.75. The molecule has 0 atom stereocenters. The molecule has 4 heteroatoms. The van der Waals surface area contributed by atoms with Gasteiger partial charge < -0.3 is 5.32 Å². The molecule has 1 heterocycles. The Hall–Kier alpha value is -1.68. The first kappa shape index (κ1) is 14.7. The Balaban J connectivity index is 2.38. The second-order valence-electron chi connectivity index (χ2n) is 4.90. The van der Waals surface area contributed by atoms with Gasteiger partial charge in [0, 0.05) is 16.2 Å². The number of nitrogens with zero attached hydrogens (tertiary/aromatic N) is 1. The average molecular weight is 333 g/mol. The third-order valence-corrected chi connectivity index (χ3v) is 4.47. The lowest BCUT2D eigenvalue weighted by molar-refractivity contribution is 0.102. The third-order valence-electron chi connectivity index (χ3n) is 3.64. The maximum atomic E-state index is 12.4. The first-order chi connectivity index (χ1) is 9.41. The Kier molecular flexibility index (Phi) is 4.23. The Bertz CT molecular complexity index is 680. The molecule has 104 valence electrons. The summed E-state index contributed by atoms with van der Waals surface area (Å²) in [4.78, 5) is 16.6. The van der Waals surface area contributed by atoms with Gasteiger partial charge in [-0.15, -0.1) is 0 Å². The number of halogens is 1. The van der Waals surface area contributed by atoms with E-state index in [-0.39, 0.29) is 5.91 Å². The summed E-state index contributed by atoms with van der Waals surface area (Å²) < 4.78 is 0.948. The topological polar surface area (TPSA) is 42.0 Å². The Morgan fingerprint density at radius 1 is 1.15 bits per heavy atom. The number of benzene rings is 1. The van der Waals surface area contributed by atoms with Crippen molar-refractivity contribution in [3.05, 3.63) is 56.7 Å². The van der Waals surface area contributed by atoms with Gasteiger partial charge in [-0.2, -0.15) is 0 Å². The summed E-state index contributed by atoms with van der Waals surface area (Å²) in [5.74, 6) is 0.472. The molecule has 0 saturated carbocycles. The van der Waals surface area contributed by atoms with Crippen molar-refractivity contribution in [1.29, 1.82) is 0 Å². The molecule has 0 saturated heterocycles. The fourth-order valence-corrected chi connectivity index (χ4v) is 2.56. The van der Waals surface area contributed by atoms with Crippen LogP contribution in [0.5, 0.6) is 0 Å². The summed E-state index contributed by atoms with van der Waals surface area (Å²) in [5, 5.41) is 2.87. The Morgan fingerprint density at radius 3 is 2.50 bits per heavy atom. The van der Waals surface area contributed by atoms with Gasteiger partial charge in [-0.3, -0.25) is 4.79 Å². The molecule has 2 aromatic rings. The van der Waals surface area contributed by atoms with Gasteiger partial charge >= 0.3 is 0 Å². The summed E-state index contributed by atoms with van der Waals surface area (Å²) in [7, 11) is 0. The molecule has 20 heavy (non-hydrogen) atoms. The maximum absolute atomic E-state index is 12.4. The molecule has 0 aliphatic rings. The van der Waals surface area contributed by atoms with Crippen LogP contribution in [0.1, 0.15) is 32.6 Å². The van der Waals surface area contributed by atoms with Gasteiger partial charge in [0.25, 0.3) is 5.91 Å². The van der Waals surface area contributed by atoms with Crippen LogP contribution >= 0.6 is 15.9 Å². The average Bonchev–Trinajstić information content (AvgIpc) is 2.43. The molecule has 0 aliphatic carbocycles. The zero-order valence-corrected chi connectivity index (χ0v) is 13.6. The largest absolute Gasteiger partial charge is 0.306 e. The molecule has 0 unspecified atom stereocenters. The molecule has 2 rings (SSSR count). The fraction of sp³-hybridized carbons (Fsp3) is 0.250. The van der Waals surface area contributed by atoms with Crippen LogP contribution in [0.25, 0.3) is 0 Å². The molecule has 1 N–H and O–H groups in total. The molecule has 3 nitrogen and oxygen atoms in total. The zero-order valence-electron chi connectivity index (χ0n) is 12.0. The highest BCUT2D eigenvalue weighted by molar-refractivity contribution is 9.10. The molecule has 0 aliphatic heterocycles. The monoisotopic (exact) mass is 332 g/mol. The van der Waals surface area contributed by atoms with Crippen molar-refractivity contribution in [3.8, 4) is 0 Å². The van der Waals surface area contributed by atoms with E-state index in [1.807, 2.05) is 45.9 Å². The van der Waals surface area contributed by atoms with E-state index in [9.17, 15) is 4.79 Å². The number of aryl methyl sites for hydroxylation is 1. The van der Waals surface area contributed by atoms with Crippen LogP contribution < -0.4 is 5.32 Å². The molecule has 1 amide bonds. The minimum Gasteiger partial charge on any atom is -0.306 e. The van der Waals surface area contributed by atoms with Crippen LogP contribution in [0, 0.1) is 27.7 Å². The molecule has 0 spiro atoms. The summed E-state index contributed by atoms with van der Waals surface area (Å²) in [6.45, 7) is 7.95. The SMILES string of the molecule is Cc1cccnc1NC(=O)c1cc(Br)c(C)c(C)c1C. The number of amides is 1. The van der Waals surface area contributed by atoms with Gasteiger partial charge in [-0.25, -0.2) is 4.98 Å². The number of hydrogen-bond donors (Lipinski definition) is 1. The maximum Gasteiger partial charge on any atom is 0.257 e. The molecule has 0 bridgehead atoms. The number of hydrogen-bond acceptors (Lipinski definition) is 2. The number of pyridine rings is 1. The van der Waals surface area contributed by atoms with E-state index in [0.717, 1.165) is 26.7 Å². The van der Waals surface area contributed by atoms with E-state index in [1.54, 1.807) is 6.20 Å². The quantitative estimate of drug-likeness (QED) is 0.889. The van der Waals surface area contributed by atoms with Gasteiger partial charge in [-0.05, 0) is 62.1 Å². The molecule has 1 aromatic heterocycles. The summed E-state index contributed by atoms with van der Waals surface area (Å²) in [5.41, 5.74) is 4.90. The number of nitrogens with one attached hydrogen (secondary N) is 1. The van der Waals surface area contributed by atoms with Gasteiger partial charge in [0.1, 0.15) is 5.82 Å². The highest BCUT2D eigenvalue weighted by Gasteiger charge is 2.15. The summed E-state index contributed by atoms with van der Waals surface area (Å²) in [6.07, 6.45) is 1.67. The number of anilines is 1. The fourth-order valence-electron chi connectivity index (χ4n) is 2.03. The zero-order chi connectivity index (χ0) is 14.9. The second-order valence-corrected chi connectivity index (χ2v) is 5.76. The van der Waals surface area contributed by atoms with E-state index >= 15 is 0 Å². The lowest BCUT2D eigenvalue weighted by Gasteiger charge is -2.13. The van der Waals surface area contributed by atoms with Crippen LogP contribution in [0.3, 0.4) is 0 Å². The van der Waals surface area contributed by atoms with Crippen LogP contribution in [-0.2, 0) is 0 Å². The van der Waals surface area contributed by atoms with Crippen molar-refractivity contribution >= 4 is 27.7 Å². The minimum absolute atomic E-state index is 0.131. The smallest absolute Gasteiger partial charge is 0.257 e. The van der Waals surface area contributed by atoms with Crippen LogP contribution in [0.2, 0.25) is 0 Å². The normalized spacial score (nSPS) is 10.4. The van der Waals surface area contributed by atoms with Crippen molar-refractivity contribution in [2.24, 2.45) is 0 Å². The van der Waals surface area contributed by atoms with Gasteiger partial charge in [0.05, 0.1) is 0 Å². The van der Waals surface area contributed by atoms with E-state index in [4.69, 9.17) is 0 Å². The summed E-state index contributed by atoms with van der Waals surface area (Å²) >= 11 is 3.50. The highest BCUT2D eigenvalue weighted by atomic mass is 79.9. The van der Waals surface area contributed by atoms with E-state index < -0.39 is 0 Å². The van der Waals surface area contributed by atoms with Gasteiger partial charge in [0.15, 0.2) is 0 Å². The van der Waals surface area contributed by atoms with E-state index in [1.165, 1.54) is 0 Å². The number of carbonyl (C=O) groups excluding carboxylic acids is 1. The molecular weight excluding hydrogens is 316 g/mol. The summed E-state index contributed by atoms with van der Waals surface area (Å²) in [6, 6.07) is 5.64. The molecule has 1 aromatic carbocycles. The Labute approximate surface area is 127 Å². The lowest BCUT2D eigenvalue weighted by atomic mass is 9.98. The van der Waals surface area contributed by atoms with Crippen molar-refractivity contribution in [2.45, 2.75) is 27.7 Å². The number of rotatable bonds is 2. The van der Waals surface area contributed by atoms with Crippen molar-refractivity contribution in [1.82, 2.24) is 4.98 Å². The van der Waals surface area contributed by atoms with Crippen LogP contribution in [0.15, 0.2) is 28.9 Å². The molecular formula is C16H17BrN2O.